The van der Waals surface area contributed by atoms with Crippen molar-refractivity contribution in [1.29, 1.82) is 0 Å². The first-order chi connectivity index (χ1) is 13.3. The van der Waals surface area contributed by atoms with Gasteiger partial charge in [0.25, 0.3) is 5.91 Å². The maximum Gasteiger partial charge on any atom is 0.287 e. The van der Waals surface area contributed by atoms with Gasteiger partial charge in [0, 0.05) is 24.5 Å². The Morgan fingerprint density at radius 2 is 1.89 bits per heavy atom. The van der Waals surface area contributed by atoms with Gasteiger partial charge >= 0.3 is 0 Å². The predicted molar refractivity (Wildman–Crippen MR) is 109 cm³/mol. The van der Waals surface area contributed by atoms with Gasteiger partial charge in [0.1, 0.15) is 0 Å². The van der Waals surface area contributed by atoms with E-state index >= 15 is 0 Å². The van der Waals surface area contributed by atoms with Crippen LogP contribution in [-0.4, -0.2) is 23.3 Å². The Morgan fingerprint density at radius 3 is 2.78 bits per heavy atom. The van der Waals surface area contributed by atoms with E-state index in [1.807, 2.05) is 54.7 Å². The van der Waals surface area contributed by atoms with E-state index < -0.39 is 0 Å². The number of nitrogens with one attached hydrogen (secondary N) is 2. The number of aromatic nitrogens is 1. The zero-order valence-corrected chi connectivity index (χ0v) is 15.4. The predicted octanol–water partition coefficient (Wildman–Crippen LogP) is 3.75. The summed E-state index contributed by atoms with van der Waals surface area (Å²) in [5.41, 5.74) is 4.20. The maximum absolute atomic E-state index is 12.4. The summed E-state index contributed by atoms with van der Waals surface area (Å²) in [5, 5.41) is 2.95. The molecule has 1 aliphatic heterocycles. The number of amidine groups is 1. The molecule has 0 unspecified atom stereocenters. The molecule has 0 atom stereocenters. The Balaban J connectivity index is 1.41. The molecule has 1 amide bonds. The Bertz CT molecular complexity index is 988. The van der Waals surface area contributed by atoms with Crippen molar-refractivity contribution in [3.05, 3.63) is 78.6 Å². The third-order valence-electron chi connectivity index (χ3n) is 4.24. The minimum atomic E-state index is -0.198. The smallest absolute Gasteiger partial charge is 0.287 e. The summed E-state index contributed by atoms with van der Waals surface area (Å²) in [6.45, 7) is 0.531. The summed E-state index contributed by atoms with van der Waals surface area (Å²) >= 11 is 1.41. The number of hydrogen-bond donors (Lipinski definition) is 2. The molecule has 2 N–H and O–H groups in total. The standard InChI is InChI=1S/C21H18N4OS/c26-21(20-24-18-9-3-4-10-19(18)27-25-20)23-13-11-15-6-1-2-8-17(15)16-7-5-12-22-14-16/h1-10,12,14H,11,13H2,(H,23,26)(H,24,25). The fourth-order valence-corrected chi connectivity index (χ4v) is 3.63. The maximum atomic E-state index is 12.4. The molecule has 1 aromatic heterocycles. The third kappa shape index (κ3) is 4.01. The van der Waals surface area contributed by atoms with E-state index in [1.54, 1.807) is 6.20 Å². The highest BCUT2D eigenvalue weighted by Crippen LogP contribution is 2.30. The molecule has 5 nitrogen and oxygen atoms in total. The Hall–Kier alpha value is -3.12. The van der Waals surface area contributed by atoms with Crippen LogP contribution in [0, 0.1) is 0 Å². The van der Waals surface area contributed by atoms with Gasteiger partial charge in [-0.3, -0.25) is 9.78 Å². The molecule has 0 fully saturated rings. The number of carbonyl (C=O) groups excluding carboxylic acids is 1. The molecule has 3 aromatic rings. The van der Waals surface area contributed by atoms with E-state index in [1.165, 1.54) is 17.5 Å². The van der Waals surface area contributed by atoms with E-state index in [-0.39, 0.29) is 5.91 Å². The van der Waals surface area contributed by atoms with Crippen LogP contribution in [0.2, 0.25) is 0 Å². The summed E-state index contributed by atoms with van der Waals surface area (Å²) in [6.07, 6.45) is 4.35. The lowest BCUT2D eigenvalue weighted by atomic mass is 9.99. The SMILES string of the molecule is O=C(NCCc1ccccc1-c1cccnc1)C1=Nc2ccccc2SN1. The first kappa shape index (κ1) is 17.3. The van der Waals surface area contributed by atoms with Crippen LogP contribution in [0.3, 0.4) is 0 Å². The molecule has 1 aliphatic rings. The second-order valence-corrected chi connectivity index (χ2v) is 6.89. The minimum absolute atomic E-state index is 0.198. The average Bonchev–Trinajstić information content (AvgIpc) is 2.74. The topological polar surface area (TPSA) is 66.4 Å². The molecule has 0 radical (unpaired) electrons. The van der Waals surface area contributed by atoms with Crippen molar-refractivity contribution in [3.63, 3.8) is 0 Å². The highest BCUT2D eigenvalue weighted by Gasteiger charge is 2.17. The molecule has 0 saturated carbocycles. The summed E-state index contributed by atoms with van der Waals surface area (Å²) in [6, 6.07) is 19.9. The van der Waals surface area contributed by atoms with Crippen LogP contribution in [0.15, 0.2) is 82.9 Å². The molecule has 2 heterocycles. The zero-order chi connectivity index (χ0) is 18.5. The van der Waals surface area contributed by atoms with Gasteiger partial charge in [-0.25, -0.2) is 4.99 Å². The van der Waals surface area contributed by atoms with E-state index in [0.717, 1.165) is 28.1 Å². The second-order valence-electron chi connectivity index (χ2n) is 6.04. The van der Waals surface area contributed by atoms with Crippen LogP contribution in [-0.2, 0) is 11.2 Å². The van der Waals surface area contributed by atoms with Crippen LogP contribution in [0.4, 0.5) is 5.69 Å². The van der Waals surface area contributed by atoms with Gasteiger partial charge in [0.05, 0.1) is 10.6 Å². The minimum Gasteiger partial charge on any atom is -0.349 e. The molecule has 0 spiro atoms. The summed E-state index contributed by atoms with van der Waals surface area (Å²) < 4.78 is 3.01. The van der Waals surface area contributed by atoms with Gasteiger partial charge in [-0.05, 0) is 47.7 Å². The van der Waals surface area contributed by atoms with Crippen molar-refractivity contribution in [3.8, 4) is 11.1 Å². The van der Waals surface area contributed by atoms with Crippen molar-refractivity contribution in [2.45, 2.75) is 11.3 Å². The van der Waals surface area contributed by atoms with E-state index in [4.69, 9.17) is 0 Å². The van der Waals surface area contributed by atoms with Gasteiger partial charge in [0.2, 0.25) is 5.84 Å². The normalized spacial score (nSPS) is 12.5. The highest BCUT2D eigenvalue weighted by atomic mass is 32.2. The molecule has 27 heavy (non-hydrogen) atoms. The highest BCUT2D eigenvalue weighted by molar-refractivity contribution is 7.98. The van der Waals surface area contributed by atoms with E-state index in [2.05, 4.69) is 32.1 Å². The van der Waals surface area contributed by atoms with Crippen LogP contribution in [0.25, 0.3) is 11.1 Å². The van der Waals surface area contributed by atoms with Crippen molar-refractivity contribution < 1.29 is 4.79 Å². The van der Waals surface area contributed by atoms with Crippen LogP contribution in [0.1, 0.15) is 5.56 Å². The average molecular weight is 374 g/mol. The molecule has 4 rings (SSSR count). The number of amides is 1. The van der Waals surface area contributed by atoms with Crippen LogP contribution in [0.5, 0.6) is 0 Å². The lowest BCUT2D eigenvalue weighted by Gasteiger charge is -2.16. The van der Waals surface area contributed by atoms with Crippen molar-refractivity contribution in [1.82, 2.24) is 15.0 Å². The largest absolute Gasteiger partial charge is 0.349 e. The van der Waals surface area contributed by atoms with Gasteiger partial charge in [0.15, 0.2) is 0 Å². The number of aliphatic imine (C=N–C) groups is 1. The number of hydrogen-bond acceptors (Lipinski definition) is 5. The van der Waals surface area contributed by atoms with Crippen molar-refractivity contribution in [2.24, 2.45) is 4.99 Å². The second kappa shape index (κ2) is 8.05. The van der Waals surface area contributed by atoms with Gasteiger partial charge < -0.3 is 10.0 Å². The Morgan fingerprint density at radius 1 is 1.04 bits per heavy atom. The number of nitrogens with zero attached hydrogens (tertiary/aromatic N) is 2. The quantitative estimate of drug-likeness (QED) is 0.668. The van der Waals surface area contributed by atoms with Crippen LogP contribution >= 0.6 is 11.9 Å². The van der Waals surface area contributed by atoms with E-state index in [0.29, 0.717) is 12.4 Å². The number of carbonyl (C=O) groups is 1. The number of pyridine rings is 1. The molecule has 134 valence electrons. The van der Waals surface area contributed by atoms with E-state index in [9.17, 15) is 4.79 Å². The van der Waals surface area contributed by atoms with Gasteiger partial charge in [-0.1, -0.05) is 42.5 Å². The Labute approximate surface area is 162 Å². The number of fused-ring (bicyclic) bond motifs is 1. The molecule has 6 heteroatoms. The lowest BCUT2D eigenvalue weighted by Crippen LogP contribution is -2.39. The van der Waals surface area contributed by atoms with Gasteiger partial charge in [-0.2, -0.15) is 0 Å². The summed E-state index contributed by atoms with van der Waals surface area (Å²) in [5.74, 6) is 0.134. The molecule has 0 saturated heterocycles. The zero-order valence-electron chi connectivity index (χ0n) is 14.6. The Kier molecular flexibility index (Phi) is 5.16. The molecular formula is C21H18N4OS. The lowest BCUT2D eigenvalue weighted by molar-refractivity contribution is -0.114. The monoisotopic (exact) mass is 374 g/mol. The third-order valence-corrected chi connectivity index (χ3v) is 5.10. The first-order valence-electron chi connectivity index (χ1n) is 8.68. The van der Waals surface area contributed by atoms with Crippen molar-refractivity contribution >= 4 is 29.4 Å². The van der Waals surface area contributed by atoms with Gasteiger partial charge in [-0.15, -0.1) is 0 Å². The molecular weight excluding hydrogens is 356 g/mol. The van der Waals surface area contributed by atoms with Crippen LogP contribution < -0.4 is 10.0 Å². The van der Waals surface area contributed by atoms with Crippen molar-refractivity contribution in [2.75, 3.05) is 6.54 Å². The number of para-hydroxylation sites is 1. The molecule has 0 aliphatic carbocycles. The summed E-state index contributed by atoms with van der Waals surface area (Å²) in [7, 11) is 0. The summed E-state index contributed by atoms with van der Waals surface area (Å²) in [4.78, 5) is 22.0. The molecule has 2 aromatic carbocycles. The molecule has 0 bridgehead atoms. The fourth-order valence-electron chi connectivity index (χ4n) is 2.92. The fraction of sp³-hybridized carbons (Fsp3) is 0.0952. The number of rotatable bonds is 5. The first-order valence-corrected chi connectivity index (χ1v) is 9.50. The number of benzene rings is 2.